The van der Waals surface area contributed by atoms with Crippen molar-refractivity contribution in [3.63, 3.8) is 0 Å². The lowest BCUT2D eigenvalue weighted by Crippen LogP contribution is -2.39. The fourth-order valence-corrected chi connectivity index (χ4v) is 4.22. The summed E-state index contributed by atoms with van der Waals surface area (Å²) >= 11 is 1.76. The lowest BCUT2D eigenvalue weighted by molar-refractivity contribution is 0.0706. The predicted octanol–water partition coefficient (Wildman–Crippen LogP) is 2.82. The molecule has 0 unspecified atom stereocenters. The Hall–Kier alpha value is -2.28. The Labute approximate surface area is 144 Å². The van der Waals surface area contributed by atoms with E-state index >= 15 is 0 Å². The second-order valence-electron chi connectivity index (χ2n) is 6.30. The number of carbonyl (C=O) groups excluding carboxylic acids is 1. The lowest BCUT2D eigenvalue weighted by Gasteiger charge is -2.32. The second-order valence-corrected chi connectivity index (χ2v) is 7.53. The highest BCUT2D eigenvalue weighted by Crippen LogP contribution is 2.31. The van der Waals surface area contributed by atoms with Gasteiger partial charge in [-0.15, -0.1) is 21.5 Å². The van der Waals surface area contributed by atoms with Gasteiger partial charge in [0.2, 0.25) is 0 Å². The molecule has 4 heterocycles. The minimum Gasteiger partial charge on any atom is -0.338 e. The molecule has 0 saturated carbocycles. The fraction of sp³-hybridized carbons (Fsp3) is 0.412. The molecule has 1 aliphatic rings. The van der Waals surface area contributed by atoms with Gasteiger partial charge in [-0.2, -0.15) is 0 Å². The van der Waals surface area contributed by atoms with Crippen molar-refractivity contribution in [1.82, 2.24) is 24.5 Å². The maximum absolute atomic E-state index is 12.9. The Morgan fingerprint density at radius 2 is 2.21 bits per heavy atom. The zero-order valence-corrected chi connectivity index (χ0v) is 14.6. The van der Waals surface area contributed by atoms with E-state index in [0.29, 0.717) is 11.5 Å². The standard InChI is InChI=1S/C17H19N5OS/c1-11-12(2)24-16(19-11)13-4-3-7-21(8-13)17(23)14-5-6-15-20-18-10-22(15)9-14/h5-6,9-10,13H,3-4,7-8H2,1-2H3/t13-/m1/s1. The van der Waals surface area contributed by atoms with Crippen molar-refractivity contribution in [2.45, 2.75) is 32.6 Å². The summed E-state index contributed by atoms with van der Waals surface area (Å²) in [6.45, 7) is 5.70. The second kappa shape index (κ2) is 5.98. The van der Waals surface area contributed by atoms with E-state index in [1.165, 1.54) is 4.88 Å². The molecule has 3 aromatic rings. The minimum absolute atomic E-state index is 0.0697. The van der Waals surface area contributed by atoms with Gasteiger partial charge < -0.3 is 4.90 Å². The molecular formula is C17H19N5OS. The smallest absolute Gasteiger partial charge is 0.255 e. The zero-order chi connectivity index (χ0) is 16.7. The molecule has 0 aromatic carbocycles. The van der Waals surface area contributed by atoms with Gasteiger partial charge in [0.25, 0.3) is 5.91 Å². The van der Waals surface area contributed by atoms with Gasteiger partial charge in [-0.05, 0) is 38.8 Å². The summed E-state index contributed by atoms with van der Waals surface area (Å²) in [7, 11) is 0. The van der Waals surface area contributed by atoms with E-state index in [4.69, 9.17) is 4.98 Å². The number of fused-ring (bicyclic) bond motifs is 1. The summed E-state index contributed by atoms with van der Waals surface area (Å²) in [6.07, 6.45) is 5.54. The van der Waals surface area contributed by atoms with Crippen molar-refractivity contribution >= 4 is 22.9 Å². The van der Waals surface area contributed by atoms with Crippen LogP contribution in [0.3, 0.4) is 0 Å². The third-order valence-electron chi connectivity index (χ3n) is 4.64. The van der Waals surface area contributed by atoms with Gasteiger partial charge in [-0.1, -0.05) is 0 Å². The quantitative estimate of drug-likeness (QED) is 0.719. The lowest BCUT2D eigenvalue weighted by atomic mass is 9.98. The highest BCUT2D eigenvalue weighted by atomic mass is 32.1. The molecule has 3 aromatic heterocycles. The predicted molar refractivity (Wildman–Crippen MR) is 92.5 cm³/mol. The van der Waals surface area contributed by atoms with Crippen molar-refractivity contribution in [1.29, 1.82) is 0 Å². The van der Waals surface area contributed by atoms with Crippen LogP contribution in [0.15, 0.2) is 24.7 Å². The van der Waals surface area contributed by atoms with Crippen molar-refractivity contribution in [3.05, 3.63) is 45.8 Å². The summed E-state index contributed by atoms with van der Waals surface area (Å²) in [5.74, 6) is 0.416. The average Bonchev–Trinajstić information content (AvgIpc) is 3.20. The molecule has 1 fully saturated rings. The van der Waals surface area contributed by atoms with E-state index < -0.39 is 0 Å². The Morgan fingerprint density at radius 3 is 3.00 bits per heavy atom. The first-order valence-electron chi connectivity index (χ1n) is 8.14. The number of nitrogens with zero attached hydrogens (tertiary/aromatic N) is 5. The van der Waals surface area contributed by atoms with E-state index in [9.17, 15) is 4.79 Å². The number of thiazole rings is 1. The molecule has 0 bridgehead atoms. The van der Waals surface area contributed by atoms with Gasteiger partial charge in [-0.3, -0.25) is 9.20 Å². The SMILES string of the molecule is Cc1nc([C@@H]2CCCN(C(=O)c3ccc4nncn4c3)C2)sc1C. The van der Waals surface area contributed by atoms with E-state index in [1.54, 1.807) is 28.3 Å². The maximum atomic E-state index is 12.9. The number of aryl methyl sites for hydroxylation is 2. The summed E-state index contributed by atoms with van der Waals surface area (Å²) in [5.41, 5.74) is 2.53. The first-order valence-corrected chi connectivity index (χ1v) is 8.96. The van der Waals surface area contributed by atoms with Crippen molar-refractivity contribution in [2.24, 2.45) is 0 Å². The van der Waals surface area contributed by atoms with Gasteiger partial charge >= 0.3 is 0 Å². The van der Waals surface area contributed by atoms with Crippen LogP contribution in [0.5, 0.6) is 0 Å². The molecule has 124 valence electrons. The zero-order valence-electron chi connectivity index (χ0n) is 13.8. The summed E-state index contributed by atoms with van der Waals surface area (Å²) in [4.78, 5) is 20.8. The molecule has 24 heavy (non-hydrogen) atoms. The molecule has 1 atom stereocenters. The van der Waals surface area contributed by atoms with Gasteiger partial charge in [0.1, 0.15) is 6.33 Å². The molecule has 0 radical (unpaired) electrons. The van der Waals surface area contributed by atoms with Crippen LogP contribution in [0, 0.1) is 13.8 Å². The molecule has 0 spiro atoms. The van der Waals surface area contributed by atoms with Gasteiger partial charge in [0.15, 0.2) is 5.65 Å². The van der Waals surface area contributed by atoms with E-state index in [2.05, 4.69) is 24.0 Å². The first-order chi connectivity index (χ1) is 11.6. The number of carbonyl (C=O) groups is 1. The van der Waals surface area contributed by atoms with Crippen LogP contribution < -0.4 is 0 Å². The fourth-order valence-electron chi connectivity index (χ4n) is 3.17. The van der Waals surface area contributed by atoms with Crippen molar-refractivity contribution in [3.8, 4) is 0 Å². The van der Waals surface area contributed by atoms with Crippen LogP contribution in [0.2, 0.25) is 0 Å². The third kappa shape index (κ3) is 2.69. The van der Waals surface area contributed by atoms with E-state index in [0.717, 1.165) is 42.3 Å². The van der Waals surface area contributed by atoms with Crippen LogP contribution in [0.25, 0.3) is 5.65 Å². The van der Waals surface area contributed by atoms with Gasteiger partial charge in [0.05, 0.1) is 16.3 Å². The molecule has 1 saturated heterocycles. The Balaban J connectivity index is 1.55. The Kier molecular flexibility index (Phi) is 3.80. The number of hydrogen-bond acceptors (Lipinski definition) is 5. The molecule has 1 amide bonds. The average molecular weight is 341 g/mol. The summed E-state index contributed by atoms with van der Waals surface area (Å²) in [6, 6.07) is 3.66. The van der Waals surface area contributed by atoms with Crippen LogP contribution in [0.4, 0.5) is 0 Å². The van der Waals surface area contributed by atoms with Crippen LogP contribution in [-0.2, 0) is 0 Å². The number of hydrogen-bond donors (Lipinski definition) is 0. The number of pyridine rings is 1. The largest absolute Gasteiger partial charge is 0.338 e. The summed E-state index contributed by atoms with van der Waals surface area (Å²) < 4.78 is 1.78. The molecule has 7 heteroatoms. The van der Waals surface area contributed by atoms with Crippen LogP contribution in [-0.4, -0.2) is 43.5 Å². The molecule has 0 aliphatic carbocycles. The highest BCUT2D eigenvalue weighted by molar-refractivity contribution is 7.11. The summed E-state index contributed by atoms with van der Waals surface area (Å²) in [5, 5.41) is 9.00. The highest BCUT2D eigenvalue weighted by Gasteiger charge is 2.27. The molecular weight excluding hydrogens is 322 g/mol. The Bertz CT molecular complexity index is 880. The Morgan fingerprint density at radius 1 is 1.33 bits per heavy atom. The minimum atomic E-state index is 0.0697. The van der Waals surface area contributed by atoms with E-state index in [-0.39, 0.29) is 5.91 Å². The molecule has 1 aliphatic heterocycles. The maximum Gasteiger partial charge on any atom is 0.255 e. The number of aromatic nitrogens is 4. The normalized spacial score (nSPS) is 18.2. The van der Waals surface area contributed by atoms with Crippen LogP contribution >= 0.6 is 11.3 Å². The molecule has 6 nitrogen and oxygen atoms in total. The number of likely N-dealkylation sites (tertiary alicyclic amines) is 1. The third-order valence-corrected chi connectivity index (χ3v) is 5.88. The molecule has 4 rings (SSSR count). The van der Waals surface area contributed by atoms with Crippen LogP contribution in [0.1, 0.15) is 44.7 Å². The van der Waals surface area contributed by atoms with Gasteiger partial charge in [0, 0.05) is 30.1 Å². The van der Waals surface area contributed by atoms with E-state index in [1.807, 2.05) is 17.0 Å². The molecule has 0 N–H and O–H groups in total. The monoisotopic (exact) mass is 341 g/mol. The van der Waals surface area contributed by atoms with Gasteiger partial charge in [-0.25, -0.2) is 4.98 Å². The number of piperidine rings is 1. The van der Waals surface area contributed by atoms with Crippen molar-refractivity contribution in [2.75, 3.05) is 13.1 Å². The first kappa shape index (κ1) is 15.3. The number of rotatable bonds is 2. The topological polar surface area (TPSA) is 63.4 Å². The number of amides is 1. The van der Waals surface area contributed by atoms with Crippen molar-refractivity contribution < 1.29 is 4.79 Å².